The number of rotatable bonds is 8. The molecule has 0 amide bonds. The van der Waals surface area contributed by atoms with Gasteiger partial charge in [0.1, 0.15) is 0 Å². The van der Waals surface area contributed by atoms with Crippen LogP contribution >= 0.6 is 35.7 Å². The minimum Gasteiger partial charge on any atom is -0.481 e. The van der Waals surface area contributed by atoms with Gasteiger partial charge in [0, 0.05) is 35.0 Å². The van der Waals surface area contributed by atoms with E-state index in [-0.39, 0.29) is 24.0 Å². The lowest BCUT2D eigenvalue weighted by atomic mass is 10.3. The number of nitrogens with zero attached hydrogens (tertiary/aromatic N) is 2. The maximum absolute atomic E-state index is 5.09. The SMILES string of the molecule is CCNC(=NCc1ccc(OC)nc1)NCC1(Sc2ccccc2)CC1.I. The summed E-state index contributed by atoms with van der Waals surface area (Å²) in [6, 6.07) is 14.5. The van der Waals surface area contributed by atoms with E-state index in [4.69, 9.17) is 4.74 Å². The van der Waals surface area contributed by atoms with Crippen LogP contribution in [0.25, 0.3) is 0 Å². The van der Waals surface area contributed by atoms with Gasteiger partial charge >= 0.3 is 0 Å². The van der Waals surface area contributed by atoms with E-state index in [2.05, 4.69) is 57.9 Å². The Hall–Kier alpha value is -1.48. The number of hydrogen-bond donors (Lipinski definition) is 2. The molecule has 5 nitrogen and oxygen atoms in total. The molecule has 3 rings (SSSR count). The lowest BCUT2D eigenvalue weighted by molar-refractivity contribution is 0.397. The maximum Gasteiger partial charge on any atom is 0.212 e. The quantitative estimate of drug-likeness (QED) is 0.326. The fraction of sp³-hybridized carbons (Fsp3) is 0.400. The average molecular weight is 498 g/mol. The van der Waals surface area contributed by atoms with Crippen LogP contribution in [0.2, 0.25) is 0 Å². The van der Waals surface area contributed by atoms with Crippen molar-refractivity contribution in [2.45, 2.75) is 36.0 Å². The number of halogens is 1. The lowest BCUT2D eigenvalue weighted by Crippen LogP contribution is -2.41. The van der Waals surface area contributed by atoms with Crippen molar-refractivity contribution in [1.82, 2.24) is 15.6 Å². The van der Waals surface area contributed by atoms with Crippen LogP contribution in [0, 0.1) is 0 Å². The number of aliphatic imine (C=N–C) groups is 1. The summed E-state index contributed by atoms with van der Waals surface area (Å²) in [5, 5.41) is 6.83. The van der Waals surface area contributed by atoms with Crippen molar-refractivity contribution in [2.75, 3.05) is 20.2 Å². The largest absolute Gasteiger partial charge is 0.481 e. The Bertz CT molecular complexity index is 721. The normalized spacial score (nSPS) is 14.8. The van der Waals surface area contributed by atoms with Crippen LogP contribution in [0.15, 0.2) is 58.5 Å². The standard InChI is InChI=1S/C20H26N4OS.HI/c1-3-21-19(23-14-16-9-10-18(25-2)22-13-16)24-15-20(11-12-20)26-17-7-5-4-6-8-17;/h4-10,13H,3,11-12,14-15H2,1-2H3,(H2,21,23,24);1H. The number of pyridine rings is 1. The van der Waals surface area contributed by atoms with Crippen LogP contribution in [-0.2, 0) is 6.54 Å². The summed E-state index contributed by atoms with van der Waals surface area (Å²) in [7, 11) is 1.62. The maximum atomic E-state index is 5.09. The molecule has 27 heavy (non-hydrogen) atoms. The summed E-state index contributed by atoms with van der Waals surface area (Å²) in [5.74, 6) is 1.47. The van der Waals surface area contributed by atoms with Crippen LogP contribution < -0.4 is 15.4 Å². The zero-order valence-electron chi connectivity index (χ0n) is 15.8. The molecule has 2 N–H and O–H groups in total. The van der Waals surface area contributed by atoms with Crippen LogP contribution in [0.4, 0.5) is 0 Å². The second-order valence-corrected chi connectivity index (χ2v) is 7.90. The van der Waals surface area contributed by atoms with Gasteiger partial charge < -0.3 is 15.4 Å². The number of benzene rings is 1. The van der Waals surface area contributed by atoms with Gasteiger partial charge in [-0.2, -0.15) is 0 Å². The van der Waals surface area contributed by atoms with Crippen molar-refractivity contribution in [3.05, 3.63) is 54.2 Å². The van der Waals surface area contributed by atoms with Gasteiger partial charge in [0.2, 0.25) is 5.88 Å². The molecule has 0 bridgehead atoms. The third kappa shape index (κ3) is 6.88. The van der Waals surface area contributed by atoms with E-state index < -0.39 is 0 Å². The highest BCUT2D eigenvalue weighted by Gasteiger charge is 2.43. The van der Waals surface area contributed by atoms with Crippen molar-refractivity contribution in [2.24, 2.45) is 4.99 Å². The Morgan fingerprint density at radius 2 is 1.96 bits per heavy atom. The molecule has 1 aromatic carbocycles. The van der Waals surface area contributed by atoms with Crippen molar-refractivity contribution in [3.8, 4) is 5.88 Å². The average Bonchev–Trinajstić information content (AvgIpc) is 3.45. The first kappa shape index (κ1) is 21.8. The number of methoxy groups -OCH3 is 1. The second kappa shape index (κ2) is 10.8. The van der Waals surface area contributed by atoms with Gasteiger partial charge in [-0.15, -0.1) is 35.7 Å². The number of thioether (sulfide) groups is 1. The molecule has 0 saturated heterocycles. The molecule has 0 unspecified atom stereocenters. The summed E-state index contributed by atoms with van der Waals surface area (Å²) < 4.78 is 5.38. The Morgan fingerprint density at radius 3 is 2.56 bits per heavy atom. The monoisotopic (exact) mass is 498 g/mol. The molecule has 0 atom stereocenters. The van der Waals surface area contributed by atoms with Gasteiger partial charge in [-0.05, 0) is 37.5 Å². The number of nitrogens with one attached hydrogen (secondary N) is 2. The van der Waals surface area contributed by atoms with Crippen LogP contribution in [0.1, 0.15) is 25.3 Å². The van der Waals surface area contributed by atoms with Gasteiger partial charge in [0.05, 0.1) is 13.7 Å². The molecule has 1 heterocycles. The smallest absolute Gasteiger partial charge is 0.212 e. The minimum absolute atomic E-state index is 0. The predicted molar refractivity (Wildman–Crippen MR) is 123 cm³/mol. The molecule has 1 saturated carbocycles. The van der Waals surface area contributed by atoms with Crippen LogP contribution in [0.3, 0.4) is 0 Å². The minimum atomic E-state index is 0. The molecule has 0 aliphatic heterocycles. The zero-order valence-corrected chi connectivity index (χ0v) is 18.9. The molecule has 0 spiro atoms. The van der Waals surface area contributed by atoms with E-state index >= 15 is 0 Å². The zero-order chi connectivity index (χ0) is 18.2. The van der Waals surface area contributed by atoms with Gasteiger partial charge in [0.25, 0.3) is 0 Å². The summed E-state index contributed by atoms with van der Waals surface area (Å²) in [5.41, 5.74) is 1.06. The third-order valence-corrected chi connectivity index (χ3v) is 5.73. The molecule has 7 heteroatoms. The molecular formula is C20H27IN4OS. The molecule has 146 valence electrons. The molecule has 1 aliphatic carbocycles. The summed E-state index contributed by atoms with van der Waals surface area (Å²) in [6.07, 6.45) is 4.28. The van der Waals surface area contributed by atoms with E-state index in [1.165, 1.54) is 17.7 Å². The number of aromatic nitrogens is 1. The Kier molecular flexibility index (Phi) is 8.69. The Balaban J connectivity index is 0.00000261. The van der Waals surface area contributed by atoms with Crippen molar-refractivity contribution in [3.63, 3.8) is 0 Å². The van der Waals surface area contributed by atoms with E-state index in [9.17, 15) is 0 Å². The number of guanidine groups is 1. The van der Waals surface area contributed by atoms with Crippen LogP contribution in [0.5, 0.6) is 5.88 Å². The Labute approximate surface area is 182 Å². The topological polar surface area (TPSA) is 58.5 Å². The van der Waals surface area contributed by atoms with Gasteiger partial charge in [-0.3, -0.25) is 0 Å². The van der Waals surface area contributed by atoms with Crippen molar-refractivity contribution in [1.29, 1.82) is 0 Å². The number of ether oxygens (including phenoxy) is 1. The van der Waals surface area contributed by atoms with Crippen LogP contribution in [-0.4, -0.2) is 35.9 Å². The van der Waals surface area contributed by atoms with Crippen molar-refractivity contribution < 1.29 is 4.74 Å². The molecule has 0 radical (unpaired) electrons. The number of hydrogen-bond acceptors (Lipinski definition) is 4. The van der Waals surface area contributed by atoms with Gasteiger partial charge in [-0.1, -0.05) is 24.3 Å². The lowest BCUT2D eigenvalue weighted by Gasteiger charge is -2.18. The predicted octanol–water partition coefficient (Wildman–Crippen LogP) is 4.09. The van der Waals surface area contributed by atoms with Gasteiger partial charge in [-0.25, -0.2) is 9.98 Å². The van der Waals surface area contributed by atoms with E-state index in [1.807, 2.05) is 23.9 Å². The molecule has 1 aromatic heterocycles. The molecule has 2 aromatic rings. The first-order chi connectivity index (χ1) is 12.7. The van der Waals surface area contributed by atoms with E-state index in [1.54, 1.807) is 13.3 Å². The summed E-state index contributed by atoms with van der Waals surface area (Å²) in [6.45, 7) is 4.42. The first-order valence-electron chi connectivity index (χ1n) is 8.98. The Morgan fingerprint density at radius 1 is 1.19 bits per heavy atom. The van der Waals surface area contributed by atoms with Crippen molar-refractivity contribution >= 4 is 41.7 Å². The van der Waals surface area contributed by atoms with E-state index in [0.29, 0.717) is 17.2 Å². The highest BCUT2D eigenvalue weighted by molar-refractivity contribution is 14.0. The first-order valence-corrected chi connectivity index (χ1v) is 9.80. The molecule has 1 fully saturated rings. The second-order valence-electron chi connectivity index (χ2n) is 6.36. The molecular weight excluding hydrogens is 471 g/mol. The summed E-state index contributed by atoms with van der Waals surface area (Å²) >= 11 is 1.97. The highest BCUT2D eigenvalue weighted by atomic mass is 127. The fourth-order valence-corrected chi connectivity index (χ4v) is 3.82. The van der Waals surface area contributed by atoms with E-state index in [0.717, 1.165) is 24.6 Å². The molecule has 1 aliphatic rings. The van der Waals surface area contributed by atoms with Gasteiger partial charge in [0.15, 0.2) is 5.96 Å². The third-order valence-electron chi connectivity index (χ3n) is 4.23. The summed E-state index contributed by atoms with van der Waals surface area (Å²) in [4.78, 5) is 10.2. The highest BCUT2D eigenvalue weighted by Crippen LogP contribution is 2.51. The fourth-order valence-electron chi connectivity index (χ4n) is 2.57.